The Balaban J connectivity index is 1.43. The number of β-amino-alcohol motifs (C(OH)–C–C–N with tert-alkyl or cyclic N) is 1. The van der Waals surface area contributed by atoms with Gasteiger partial charge in [0.1, 0.15) is 18.1 Å². The number of likely N-dealkylation sites (tertiary alicyclic amines) is 1. The molecule has 3 aromatic heterocycles. The normalized spacial score (nSPS) is 15.1. The lowest BCUT2D eigenvalue weighted by atomic mass is 9.96. The van der Waals surface area contributed by atoms with Crippen LogP contribution in [0.25, 0.3) is 11.3 Å². The van der Waals surface area contributed by atoms with Crippen LogP contribution in [0.1, 0.15) is 34.4 Å². The number of hydrogen-bond acceptors (Lipinski definition) is 8. The molecule has 1 saturated heterocycles. The van der Waals surface area contributed by atoms with Gasteiger partial charge in [0.15, 0.2) is 5.69 Å². The highest BCUT2D eigenvalue weighted by Gasteiger charge is 2.40. The SMILES string of the molecule is Cc1ccc(-c2noc(C)c2COc2ccc(C(=O)N3CC(C)(O)C3)nn2)cn1. The number of carbonyl (C=O) groups excluding carboxylic acids is 1. The summed E-state index contributed by atoms with van der Waals surface area (Å²) >= 11 is 0. The lowest BCUT2D eigenvalue weighted by molar-refractivity contribution is -0.0671. The summed E-state index contributed by atoms with van der Waals surface area (Å²) in [5.74, 6) is 0.663. The second-order valence-electron chi connectivity index (χ2n) is 7.46. The minimum Gasteiger partial charge on any atom is -0.472 e. The molecule has 0 aromatic carbocycles. The Kier molecular flexibility index (Phi) is 4.75. The van der Waals surface area contributed by atoms with Gasteiger partial charge in [-0.1, -0.05) is 5.16 Å². The molecule has 1 aliphatic heterocycles. The van der Waals surface area contributed by atoms with E-state index in [4.69, 9.17) is 9.26 Å². The van der Waals surface area contributed by atoms with Crippen LogP contribution in [0.2, 0.25) is 0 Å². The molecule has 150 valence electrons. The topological polar surface area (TPSA) is 114 Å². The largest absolute Gasteiger partial charge is 0.472 e. The number of aryl methyl sites for hydroxylation is 2. The highest BCUT2D eigenvalue weighted by atomic mass is 16.5. The van der Waals surface area contributed by atoms with E-state index >= 15 is 0 Å². The van der Waals surface area contributed by atoms with E-state index in [1.165, 1.54) is 4.90 Å². The van der Waals surface area contributed by atoms with E-state index in [0.29, 0.717) is 11.5 Å². The highest BCUT2D eigenvalue weighted by Crippen LogP contribution is 2.26. The summed E-state index contributed by atoms with van der Waals surface area (Å²) in [6, 6.07) is 6.98. The van der Waals surface area contributed by atoms with Crippen LogP contribution >= 0.6 is 0 Å². The molecule has 0 bridgehead atoms. The van der Waals surface area contributed by atoms with Gasteiger partial charge in [-0.25, -0.2) is 0 Å². The molecule has 0 saturated carbocycles. The fraction of sp³-hybridized carbons (Fsp3) is 0.350. The number of hydrogen-bond donors (Lipinski definition) is 1. The summed E-state index contributed by atoms with van der Waals surface area (Å²) in [4.78, 5) is 18.1. The molecule has 4 heterocycles. The molecule has 9 nitrogen and oxygen atoms in total. The van der Waals surface area contributed by atoms with Gasteiger partial charge in [0.25, 0.3) is 5.91 Å². The van der Waals surface area contributed by atoms with Crippen LogP contribution in [0.15, 0.2) is 35.0 Å². The molecule has 29 heavy (non-hydrogen) atoms. The van der Waals surface area contributed by atoms with Crippen LogP contribution < -0.4 is 4.74 Å². The van der Waals surface area contributed by atoms with Gasteiger partial charge in [0, 0.05) is 23.5 Å². The predicted molar refractivity (Wildman–Crippen MR) is 102 cm³/mol. The Bertz CT molecular complexity index is 1020. The monoisotopic (exact) mass is 395 g/mol. The quantitative estimate of drug-likeness (QED) is 0.697. The van der Waals surface area contributed by atoms with Crippen molar-refractivity contribution >= 4 is 5.91 Å². The van der Waals surface area contributed by atoms with Crippen molar-refractivity contribution in [2.45, 2.75) is 33.0 Å². The average Bonchev–Trinajstić information content (AvgIpc) is 3.05. The van der Waals surface area contributed by atoms with Crippen molar-refractivity contribution in [1.29, 1.82) is 0 Å². The zero-order valence-corrected chi connectivity index (χ0v) is 16.4. The van der Waals surface area contributed by atoms with E-state index in [9.17, 15) is 9.90 Å². The van der Waals surface area contributed by atoms with E-state index < -0.39 is 5.60 Å². The summed E-state index contributed by atoms with van der Waals surface area (Å²) < 4.78 is 11.0. The number of nitrogens with zero attached hydrogens (tertiary/aromatic N) is 5. The van der Waals surface area contributed by atoms with Crippen molar-refractivity contribution in [1.82, 2.24) is 25.2 Å². The fourth-order valence-electron chi connectivity index (χ4n) is 3.13. The van der Waals surface area contributed by atoms with Crippen LogP contribution in [0.5, 0.6) is 5.88 Å². The summed E-state index contributed by atoms with van der Waals surface area (Å²) in [7, 11) is 0. The second kappa shape index (κ2) is 7.25. The van der Waals surface area contributed by atoms with Crippen LogP contribution in [-0.2, 0) is 6.61 Å². The molecule has 0 aliphatic carbocycles. The zero-order valence-electron chi connectivity index (χ0n) is 16.4. The fourth-order valence-corrected chi connectivity index (χ4v) is 3.13. The Morgan fingerprint density at radius 3 is 2.66 bits per heavy atom. The van der Waals surface area contributed by atoms with Gasteiger partial charge in [0.2, 0.25) is 5.88 Å². The van der Waals surface area contributed by atoms with Gasteiger partial charge >= 0.3 is 0 Å². The van der Waals surface area contributed by atoms with E-state index in [0.717, 1.165) is 16.8 Å². The molecule has 0 atom stereocenters. The number of ether oxygens (including phenoxy) is 1. The number of aromatic nitrogens is 4. The molecule has 1 fully saturated rings. The van der Waals surface area contributed by atoms with Gasteiger partial charge in [-0.05, 0) is 39.0 Å². The molecule has 1 N–H and O–H groups in total. The number of pyridine rings is 1. The Labute approximate surface area is 167 Å². The first-order valence-electron chi connectivity index (χ1n) is 9.19. The highest BCUT2D eigenvalue weighted by molar-refractivity contribution is 5.92. The zero-order chi connectivity index (χ0) is 20.6. The van der Waals surface area contributed by atoms with Crippen molar-refractivity contribution < 1.29 is 19.2 Å². The molecule has 0 spiro atoms. The number of carbonyl (C=O) groups is 1. The van der Waals surface area contributed by atoms with Gasteiger partial charge in [0.05, 0.1) is 24.3 Å². The molecule has 0 unspecified atom stereocenters. The Morgan fingerprint density at radius 2 is 2.03 bits per heavy atom. The number of aliphatic hydroxyl groups is 1. The predicted octanol–water partition coefficient (Wildman–Crippen LogP) is 1.93. The Morgan fingerprint density at radius 1 is 1.24 bits per heavy atom. The first-order valence-corrected chi connectivity index (χ1v) is 9.19. The summed E-state index contributed by atoms with van der Waals surface area (Å²) in [6.07, 6.45) is 1.74. The molecule has 1 amide bonds. The van der Waals surface area contributed by atoms with Gasteiger partial charge in [-0.3, -0.25) is 9.78 Å². The Hall–Kier alpha value is -3.33. The minimum atomic E-state index is -0.826. The molecule has 9 heteroatoms. The first-order chi connectivity index (χ1) is 13.8. The van der Waals surface area contributed by atoms with Gasteiger partial charge in [-0.15, -0.1) is 10.2 Å². The van der Waals surface area contributed by atoms with E-state index in [1.54, 1.807) is 25.3 Å². The first kappa shape index (κ1) is 19.0. The third kappa shape index (κ3) is 3.95. The molecular formula is C20H21N5O4. The summed E-state index contributed by atoms with van der Waals surface area (Å²) in [5.41, 5.74) is 2.59. The maximum Gasteiger partial charge on any atom is 0.274 e. The van der Waals surface area contributed by atoms with Crippen LogP contribution in [0.3, 0.4) is 0 Å². The van der Waals surface area contributed by atoms with Gasteiger partial charge in [-0.2, -0.15) is 0 Å². The van der Waals surface area contributed by atoms with Crippen LogP contribution in [0, 0.1) is 13.8 Å². The third-order valence-electron chi connectivity index (χ3n) is 4.74. The number of amides is 1. The minimum absolute atomic E-state index is 0.190. The van der Waals surface area contributed by atoms with Crippen LogP contribution in [0.4, 0.5) is 0 Å². The maximum atomic E-state index is 12.3. The van der Waals surface area contributed by atoms with E-state index in [2.05, 4.69) is 20.3 Å². The molecule has 4 rings (SSSR count). The standard InChI is InChI=1S/C20H21N5O4/c1-12-4-5-14(8-21-12)18-15(13(2)29-24-18)9-28-17-7-6-16(22-23-17)19(26)25-10-20(3,27)11-25/h4-8,27H,9-11H2,1-3H3. The molecule has 0 radical (unpaired) electrons. The van der Waals surface area contributed by atoms with E-state index in [1.807, 2.05) is 26.0 Å². The van der Waals surface area contributed by atoms with Gasteiger partial charge < -0.3 is 19.3 Å². The van der Waals surface area contributed by atoms with Crippen molar-refractivity contribution in [3.63, 3.8) is 0 Å². The van der Waals surface area contributed by atoms with Crippen molar-refractivity contribution in [3.8, 4) is 17.1 Å². The summed E-state index contributed by atoms with van der Waals surface area (Å²) in [5, 5.41) is 21.8. The lowest BCUT2D eigenvalue weighted by Gasteiger charge is -2.43. The molecule has 1 aliphatic rings. The molecular weight excluding hydrogens is 374 g/mol. The number of rotatable bonds is 5. The van der Waals surface area contributed by atoms with Crippen molar-refractivity contribution in [3.05, 3.63) is 53.2 Å². The second-order valence-corrected chi connectivity index (χ2v) is 7.46. The average molecular weight is 395 g/mol. The van der Waals surface area contributed by atoms with Crippen molar-refractivity contribution in [2.75, 3.05) is 13.1 Å². The van der Waals surface area contributed by atoms with Crippen LogP contribution in [-0.4, -0.2) is 54.9 Å². The smallest absolute Gasteiger partial charge is 0.274 e. The maximum absolute atomic E-state index is 12.3. The third-order valence-corrected chi connectivity index (χ3v) is 4.74. The van der Waals surface area contributed by atoms with E-state index in [-0.39, 0.29) is 37.2 Å². The lowest BCUT2D eigenvalue weighted by Crippen LogP contribution is -2.61. The summed E-state index contributed by atoms with van der Waals surface area (Å²) in [6.45, 7) is 6.18. The molecule has 3 aromatic rings. The van der Waals surface area contributed by atoms with Crippen molar-refractivity contribution in [2.24, 2.45) is 0 Å².